The smallest absolute Gasteiger partial charge is 0.162 e. The number of nitrogens with zero attached hydrogens (tertiary/aromatic N) is 1. The quantitative estimate of drug-likeness (QED) is 0.547. The SMILES string of the molecule is N#CCCCCC(=O)c1cccc(F)c1. The average molecular weight is 205 g/mol. The molecule has 0 aliphatic rings. The van der Waals surface area contributed by atoms with Crippen LogP contribution in [0.1, 0.15) is 36.0 Å². The molecule has 0 heterocycles. The van der Waals surface area contributed by atoms with Crippen molar-refractivity contribution < 1.29 is 9.18 Å². The van der Waals surface area contributed by atoms with Gasteiger partial charge < -0.3 is 0 Å². The Morgan fingerprint density at radius 2 is 2.20 bits per heavy atom. The van der Waals surface area contributed by atoms with E-state index in [0.717, 1.165) is 6.42 Å². The molecule has 2 nitrogen and oxygen atoms in total. The molecule has 0 unspecified atom stereocenters. The largest absolute Gasteiger partial charge is 0.294 e. The Hall–Kier alpha value is -1.69. The molecule has 0 spiro atoms. The number of hydrogen-bond donors (Lipinski definition) is 0. The van der Waals surface area contributed by atoms with Gasteiger partial charge in [-0.2, -0.15) is 5.26 Å². The van der Waals surface area contributed by atoms with Gasteiger partial charge in [-0.15, -0.1) is 0 Å². The van der Waals surface area contributed by atoms with Crippen LogP contribution < -0.4 is 0 Å². The minimum absolute atomic E-state index is 0.0626. The Balaban J connectivity index is 2.44. The molecule has 0 bridgehead atoms. The van der Waals surface area contributed by atoms with Crippen LogP contribution in [0.5, 0.6) is 0 Å². The van der Waals surface area contributed by atoms with E-state index in [1.807, 2.05) is 6.07 Å². The molecule has 0 aliphatic heterocycles. The number of ketones is 1. The Morgan fingerprint density at radius 3 is 2.87 bits per heavy atom. The average Bonchev–Trinajstić information content (AvgIpc) is 2.24. The maximum Gasteiger partial charge on any atom is 0.162 e. The monoisotopic (exact) mass is 205 g/mol. The van der Waals surface area contributed by atoms with Crippen molar-refractivity contribution >= 4 is 5.78 Å². The van der Waals surface area contributed by atoms with Crippen LogP contribution in [-0.4, -0.2) is 5.78 Å². The van der Waals surface area contributed by atoms with Crippen LogP contribution >= 0.6 is 0 Å². The number of carbonyl (C=O) groups excluding carboxylic acids is 1. The van der Waals surface area contributed by atoms with Crippen molar-refractivity contribution in [3.63, 3.8) is 0 Å². The number of hydrogen-bond acceptors (Lipinski definition) is 2. The zero-order valence-electron chi connectivity index (χ0n) is 8.37. The van der Waals surface area contributed by atoms with Crippen LogP contribution in [0.15, 0.2) is 24.3 Å². The highest BCUT2D eigenvalue weighted by Gasteiger charge is 2.05. The fourth-order valence-corrected chi connectivity index (χ4v) is 1.30. The minimum Gasteiger partial charge on any atom is -0.294 e. The van der Waals surface area contributed by atoms with E-state index in [4.69, 9.17) is 5.26 Å². The topological polar surface area (TPSA) is 40.9 Å². The van der Waals surface area contributed by atoms with E-state index in [1.165, 1.54) is 18.2 Å². The predicted molar refractivity (Wildman–Crippen MR) is 54.8 cm³/mol. The fraction of sp³-hybridized carbons (Fsp3) is 0.333. The third kappa shape index (κ3) is 3.90. The van der Waals surface area contributed by atoms with E-state index in [9.17, 15) is 9.18 Å². The molecule has 1 rings (SSSR count). The van der Waals surface area contributed by atoms with Gasteiger partial charge in [0.1, 0.15) is 5.82 Å². The predicted octanol–water partition coefficient (Wildman–Crippen LogP) is 3.09. The normalized spacial score (nSPS) is 9.60. The maximum absolute atomic E-state index is 12.8. The van der Waals surface area contributed by atoms with E-state index in [-0.39, 0.29) is 5.78 Å². The molecule has 1 aromatic rings. The van der Waals surface area contributed by atoms with Crippen LogP contribution in [0.25, 0.3) is 0 Å². The first-order valence-electron chi connectivity index (χ1n) is 4.90. The second-order valence-electron chi connectivity index (χ2n) is 3.30. The van der Waals surface area contributed by atoms with Crippen LogP contribution in [-0.2, 0) is 0 Å². The lowest BCUT2D eigenvalue weighted by molar-refractivity contribution is 0.0979. The van der Waals surface area contributed by atoms with Gasteiger partial charge in [-0.25, -0.2) is 4.39 Å². The molecule has 0 radical (unpaired) electrons. The third-order valence-corrected chi connectivity index (χ3v) is 2.09. The van der Waals surface area contributed by atoms with Crippen molar-refractivity contribution in [2.24, 2.45) is 0 Å². The summed E-state index contributed by atoms with van der Waals surface area (Å²) >= 11 is 0. The number of Topliss-reactive ketones (excluding diaryl/α,β-unsaturated/α-hetero) is 1. The zero-order chi connectivity index (χ0) is 11.1. The molecule has 3 heteroatoms. The lowest BCUT2D eigenvalue weighted by Gasteiger charge is -1.99. The molecule has 1 aromatic carbocycles. The fourth-order valence-electron chi connectivity index (χ4n) is 1.30. The molecule has 15 heavy (non-hydrogen) atoms. The molecule has 0 aliphatic carbocycles. The molecule has 0 fully saturated rings. The molecule has 0 saturated carbocycles. The van der Waals surface area contributed by atoms with Gasteiger partial charge in [-0.1, -0.05) is 12.1 Å². The zero-order valence-corrected chi connectivity index (χ0v) is 8.37. The van der Waals surface area contributed by atoms with Gasteiger partial charge in [0.2, 0.25) is 0 Å². The van der Waals surface area contributed by atoms with Crippen molar-refractivity contribution in [2.75, 3.05) is 0 Å². The summed E-state index contributed by atoms with van der Waals surface area (Å²) in [5, 5.41) is 8.30. The molecule has 0 saturated heterocycles. The van der Waals surface area contributed by atoms with Crippen LogP contribution in [0.2, 0.25) is 0 Å². The van der Waals surface area contributed by atoms with Crippen LogP contribution in [0.3, 0.4) is 0 Å². The van der Waals surface area contributed by atoms with Crippen LogP contribution in [0, 0.1) is 17.1 Å². The van der Waals surface area contributed by atoms with Gasteiger partial charge in [0.15, 0.2) is 5.78 Å². The summed E-state index contributed by atoms with van der Waals surface area (Å²) < 4.78 is 12.8. The molecule has 0 amide bonds. The Labute approximate surface area is 88.3 Å². The van der Waals surface area contributed by atoms with Crippen molar-refractivity contribution in [3.8, 4) is 6.07 Å². The number of halogens is 1. The second kappa shape index (κ2) is 5.92. The van der Waals surface area contributed by atoms with Gasteiger partial charge in [0, 0.05) is 18.4 Å². The number of unbranched alkanes of at least 4 members (excludes halogenated alkanes) is 2. The van der Waals surface area contributed by atoms with E-state index in [2.05, 4.69) is 0 Å². The van der Waals surface area contributed by atoms with Crippen LogP contribution in [0.4, 0.5) is 4.39 Å². The highest BCUT2D eigenvalue weighted by molar-refractivity contribution is 5.95. The summed E-state index contributed by atoms with van der Waals surface area (Å²) in [6.45, 7) is 0. The molecule has 0 aromatic heterocycles. The first kappa shape index (κ1) is 11.4. The summed E-state index contributed by atoms with van der Waals surface area (Å²) in [4.78, 5) is 11.5. The Morgan fingerprint density at radius 1 is 1.40 bits per heavy atom. The number of carbonyl (C=O) groups is 1. The van der Waals surface area contributed by atoms with Crippen molar-refractivity contribution in [3.05, 3.63) is 35.6 Å². The summed E-state index contributed by atoms with van der Waals surface area (Å²) in [7, 11) is 0. The summed E-state index contributed by atoms with van der Waals surface area (Å²) in [6, 6.07) is 7.71. The lowest BCUT2D eigenvalue weighted by atomic mass is 10.0. The number of nitriles is 1. The standard InChI is InChI=1S/C12H12FNO/c13-11-6-4-5-10(9-11)12(15)7-2-1-3-8-14/h4-6,9H,1-3,7H2. The first-order valence-corrected chi connectivity index (χ1v) is 4.90. The van der Waals surface area contributed by atoms with Crippen molar-refractivity contribution in [1.29, 1.82) is 5.26 Å². The van der Waals surface area contributed by atoms with E-state index < -0.39 is 5.82 Å². The molecular weight excluding hydrogens is 193 g/mol. The van der Waals surface area contributed by atoms with Gasteiger partial charge in [-0.05, 0) is 25.0 Å². The maximum atomic E-state index is 12.8. The van der Waals surface area contributed by atoms with Gasteiger partial charge >= 0.3 is 0 Å². The van der Waals surface area contributed by atoms with Gasteiger partial charge in [0.25, 0.3) is 0 Å². The van der Waals surface area contributed by atoms with E-state index >= 15 is 0 Å². The molecular formula is C12H12FNO. The molecule has 0 atom stereocenters. The summed E-state index contributed by atoms with van der Waals surface area (Å²) in [5.74, 6) is -0.453. The highest BCUT2D eigenvalue weighted by Crippen LogP contribution is 2.09. The summed E-state index contributed by atoms with van der Waals surface area (Å²) in [6.07, 6.45) is 2.25. The molecule has 78 valence electrons. The summed E-state index contributed by atoms with van der Waals surface area (Å²) in [5.41, 5.74) is 0.409. The Kier molecular flexibility index (Phi) is 4.49. The highest BCUT2D eigenvalue weighted by atomic mass is 19.1. The van der Waals surface area contributed by atoms with E-state index in [1.54, 1.807) is 6.07 Å². The number of rotatable bonds is 5. The van der Waals surface area contributed by atoms with Gasteiger partial charge in [0.05, 0.1) is 6.07 Å². The third-order valence-electron chi connectivity index (χ3n) is 2.09. The van der Waals surface area contributed by atoms with Crippen molar-refractivity contribution in [2.45, 2.75) is 25.7 Å². The minimum atomic E-state index is -0.391. The molecule has 0 N–H and O–H groups in total. The number of benzene rings is 1. The second-order valence-corrected chi connectivity index (χ2v) is 3.30. The lowest BCUT2D eigenvalue weighted by Crippen LogP contribution is -1.99. The van der Waals surface area contributed by atoms with E-state index in [0.29, 0.717) is 24.8 Å². The van der Waals surface area contributed by atoms with Gasteiger partial charge in [-0.3, -0.25) is 4.79 Å². The Bertz CT molecular complexity index is 381. The van der Waals surface area contributed by atoms with Crippen molar-refractivity contribution in [1.82, 2.24) is 0 Å². The first-order chi connectivity index (χ1) is 7.24.